The van der Waals surface area contributed by atoms with Gasteiger partial charge in [-0.15, -0.1) is 0 Å². The number of alkyl carbamates (subject to hydrolysis) is 1. The number of ether oxygens (including phenoxy) is 3. The second-order valence-electron chi connectivity index (χ2n) is 9.90. The van der Waals surface area contributed by atoms with Crippen molar-refractivity contribution in [3.05, 3.63) is 35.9 Å². The lowest BCUT2D eigenvalue weighted by molar-refractivity contribution is -0.287. The van der Waals surface area contributed by atoms with Gasteiger partial charge in [-0.1, -0.05) is 30.3 Å². The number of amides is 2. The number of rotatable bonds is 11. The van der Waals surface area contributed by atoms with E-state index in [0.29, 0.717) is 5.75 Å². The molecule has 214 valence electrons. The van der Waals surface area contributed by atoms with Crippen LogP contribution in [0.25, 0.3) is 0 Å². The lowest BCUT2D eigenvalue weighted by Gasteiger charge is -2.38. The number of nitrogens with one attached hydrogen (secondary N) is 2. The van der Waals surface area contributed by atoms with Crippen LogP contribution in [0.5, 0.6) is 0 Å². The van der Waals surface area contributed by atoms with Crippen LogP contribution in [0, 0.1) is 0 Å². The minimum atomic E-state index is -1.78. The van der Waals surface area contributed by atoms with Crippen molar-refractivity contribution >= 4 is 29.7 Å². The molecule has 0 bridgehead atoms. The first-order chi connectivity index (χ1) is 17.8. The average Bonchev–Trinajstić information content (AvgIpc) is 2.85. The predicted molar refractivity (Wildman–Crippen MR) is 138 cm³/mol. The van der Waals surface area contributed by atoms with Gasteiger partial charge < -0.3 is 45.3 Å². The van der Waals surface area contributed by atoms with Gasteiger partial charge in [-0.3, -0.25) is 4.79 Å². The molecule has 1 fully saturated rings. The van der Waals surface area contributed by atoms with E-state index in [9.17, 15) is 34.8 Å². The van der Waals surface area contributed by atoms with Gasteiger partial charge in [0.05, 0.1) is 0 Å². The number of aliphatic hydroxyl groups is 4. The lowest BCUT2D eigenvalue weighted by atomic mass is 9.99. The Balaban J connectivity index is 2.10. The number of thioether (sulfide) groups is 1. The van der Waals surface area contributed by atoms with E-state index in [-0.39, 0.29) is 12.8 Å². The van der Waals surface area contributed by atoms with Crippen molar-refractivity contribution in [1.82, 2.24) is 10.6 Å². The van der Waals surface area contributed by atoms with Gasteiger partial charge in [0.25, 0.3) is 0 Å². The van der Waals surface area contributed by atoms with Crippen LogP contribution >= 0.6 is 11.8 Å². The molecule has 1 aromatic carbocycles. The normalized spacial score (nSPS) is 25.1. The van der Waals surface area contributed by atoms with E-state index in [0.717, 1.165) is 5.56 Å². The fourth-order valence-electron chi connectivity index (χ4n) is 3.60. The Hall–Kier alpha value is -2.42. The molecule has 1 saturated heterocycles. The number of aliphatic hydroxyl groups excluding tert-OH is 4. The summed E-state index contributed by atoms with van der Waals surface area (Å²) in [6.45, 7) is 4.53. The van der Waals surface area contributed by atoms with Crippen molar-refractivity contribution < 1.29 is 49.0 Å². The Labute approximate surface area is 226 Å². The van der Waals surface area contributed by atoms with Crippen LogP contribution in [-0.4, -0.2) is 105 Å². The predicted octanol–water partition coefficient (Wildman–Crippen LogP) is -0.297. The van der Waals surface area contributed by atoms with E-state index in [1.807, 2.05) is 12.3 Å². The molecule has 0 spiro atoms. The van der Waals surface area contributed by atoms with Gasteiger partial charge in [-0.2, -0.15) is 11.8 Å². The van der Waals surface area contributed by atoms with Crippen LogP contribution in [0.15, 0.2) is 30.3 Å². The van der Waals surface area contributed by atoms with Crippen LogP contribution in [0.1, 0.15) is 32.8 Å². The van der Waals surface area contributed by atoms with Gasteiger partial charge in [0.1, 0.15) is 48.7 Å². The molecule has 2 amide bonds. The highest BCUT2D eigenvalue weighted by Gasteiger charge is 2.43. The molecule has 0 aromatic heterocycles. The number of hydrogen-bond acceptors (Lipinski definition) is 11. The van der Waals surface area contributed by atoms with Crippen LogP contribution in [-0.2, 0) is 30.2 Å². The van der Waals surface area contributed by atoms with E-state index in [1.165, 1.54) is 11.8 Å². The third kappa shape index (κ3) is 10.0. The Morgan fingerprint density at radius 1 is 1.00 bits per heavy atom. The first-order valence-corrected chi connectivity index (χ1v) is 13.6. The smallest absolute Gasteiger partial charge is 0.408 e. The molecule has 38 heavy (non-hydrogen) atoms. The second-order valence-corrected chi connectivity index (χ2v) is 10.9. The zero-order valence-corrected chi connectivity index (χ0v) is 22.7. The SMILES string of the molecule is CSCC[C@H](NC(=O)[C@H](Cc1ccccc1)NC(=O)OC(C)(C)C)C(=O)OC[C@H]1OC(O)[C@H](O)[C@@H](O)[C@@H]1O. The lowest BCUT2D eigenvalue weighted by Crippen LogP contribution is -2.59. The van der Waals surface area contributed by atoms with E-state index in [4.69, 9.17) is 14.2 Å². The molecule has 1 aliphatic heterocycles. The topological polar surface area (TPSA) is 184 Å². The van der Waals surface area contributed by atoms with Crippen molar-refractivity contribution in [3.63, 3.8) is 0 Å². The maximum atomic E-state index is 13.3. The van der Waals surface area contributed by atoms with Crippen molar-refractivity contribution in [2.45, 2.75) is 82.0 Å². The minimum absolute atomic E-state index is 0.135. The molecule has 0 saturated carbocycles. The number of hydrogen-bond donors (Lipinski definition) is 6. The molecule has 13 heteroatoms. The summed E-state index contributed by atoms with van der Waals surface area (Å²) in [6.07, 6.45) is -6.74. The fraction of sp³-hybridized carbons (Fsp3) is 0.640. The summed E-state index contributed by atoms with van der Waals surface area (Å²) in [5.41, 5.74) is -0.0134. The van der Waals surface area contributed by atoms with E-state index < -0.39 is 73.0 Å². The summed E-state index contributed by atoms with van der Waals surface area (Å²) >= 11 is 1.44. The van der Waals surface area contributed by atoms with Gasteiger partial charge in [0, 0.05) is 6.42 Å². The van der Waals surface area contributed by atoms with Crippen LogP contribution < -0.4 is 10.6 Å². The monoisotopic (exact) mass is 558 g/mol. The van der Waals surface area contributed by atoms with Crippen molar-refractivity contribution in [1.29, 1.82) is 0 Å². The highest BCUT2D eigenvalue weighted by molar-refractivity contribution is 7.98. The summed E-state index contributed by atoms with van der Waals surface area (Å²) in [5.74, 6) is -0.977. The summed E-state index contributed by atoms with van der Waals surface area (Å²) in [4.78, 5) is 38.6. The van der Waals surface area contributed by atoms with E-state index in [1.54, 1.807) is 45.0 Å². The molecule has 12 nitrogen and oxygen atoms in total. The molecule has 0 aliphatic carbocycles. The number of esters is 1. The molecule has 1 aliphatic rings. The molecule has 1 unspecified atom stereocenters. The molecule has 1 heterocycles. The first-order valence-electron chi connectivity index (χ1n) is 12.2. The molecule has 2 rings (SSSR count). The largest absolute Gasteiger partial charge is 0.461 e. The molecular weight excluding hydrogens is 520 g/mol. The number of carbonyl (C=O) groups is 3. The fourth-order valence-corrected chi connectivity index (χ4v) is 4.07. The Morgan fingerprint density at radius 2 is 1.66 bits per heavy atom. The summed E-state index contributed by atoms with van der Waals surface area (Å²) in [5, 5.41) is 44.4. The first kappa shape index (κ1) is 31.8. The number of carbonyl (C=O) groups excluding carboxylic acids is 3. The third-order valence-corrected chi connectivity index (χ3v) is 6.22. The molecule has 0 radical (unpaired) electrons. The number of benzene rings is 1. The van der Waals surface area contributed by atoms with Crippen LogP contribution in [0.3, 0.4) is 0 Å². The quantitative estimate of drug-likeness (QED) is 0.196. The standard InChI is InChI=1S/C25H38N2O10S/c1-25(2,3)37-24(34)27-16(12-14-8-6-5-7-9-14)21(31)26-15(10-11-38-4)22(32)35-13-17-18(28)19(29)20(30)23(33)36-17/h5-9,15-20,23,28-30,33H,10-13H2,1-4H3,(H,26,31)(H,27,34)/t15-,16-,17+,18+,19-,20+,23?/m0/s1. The van der Waals surface area contributed by atoms with Gasteiger partial charge in [0.2, 0.25) is 5.91 Å². The Morgan fingerprint density at radius 3 is 2.26 bits per heavy atom. The van der Waals surface area contributed by atoms with Crippen molar-refractivity contribution in [3.8, 4) is 0 Å². The maximum absolute atomic E-state index is 13.3. The third-order valence-electron chi connectivity index (χ3n) is 5.58. The molecule has 7 atom stereocenters. The summed E-state index contributed by atoms with van der Waals surface area (Å²) < 4.78 is 15.5. The molecule has 1 aromatic rings. The summed E-state index contributed by atoms with van der Waals surface area (Å²) in [6, 6.07) is 6.84. The molecular formula is C25H38N2O10S. The van der Waals surface area contributed by atoms with E-state index in [2.05, 4.69) is 10.6 Å². The van der Waals surface area contributed by atoms with E-state index >= 15 is 0 Å². The van der Waals surface area contributed by atoms with Crippen molar-refractivity contribution in [2.75, 3.05) is 18.6 Å². The van der Waals surface area contributed by atoms with Gasteiger partial charge in [-0.05, 0) is 44.8 Å². The average molecular weight is 559 g/mol. The minimum Gasteiger partial charge on any atom is -0.461 e. The highest BCUT2D eigenvalue weighted by Crippen LogP contribution is 2.20. The molecule has 6 N–H and O–H groups in total. The van der Waals surface area contributed by atoms with Gasteiger partial charge >= 0.3 is 12.1 Å². The zero-order valence-electron chi connectivity index (χ0n) is 21.9. The van der Waals surface area contributed by atoms with Gasteiger partial charge in [-0.25, -0.2) is 9.59 Å². The zero-order chi connectivity index (χ0) is 28.5. The van der Waals surface area contributed by atoms with Gasteiger partial charge in [0.15, 0.2) is 6.29 Å². The maximum Gasteiger partial charge on any atom is 0.408 e. The second kappa shape index (κ2) is 14.7. The Kier molecular flexibility index (Phi) is 12.3. The Bertz CT molecular complexity index is 913. The van der Waals surface area contributed by atoms with Crippen molar-refractivity contribution in [2.24, 2.45) is 0 Å². The summed E-state index contributed by atoms with van der Waals surface area (Å²) in [7, 11) is 0. The highest BCUT2D eigenvalue weighted by atomic mass is 32.2. The van der Waals surface area contributed by atoms with Crippen LogP contribution in [0.4, 0.5) is 4.79 Å². The van der Waals surface area contributed by atoms with Crippen LogP contribution in [0.2, 0.25) is 0 Å².